The van der Waals surface area contributed by atoms with Crippen LogP contribution in [0.25, 0.3) is 0 Å². The van der Waals surface area contributed by atoms with E-state index in [1.165, 1.54) is 16.4 Å². The zero-order chi connectivity index (χ0) is 22.4. The summed E-state index contributed by atoms with van der Waals surface area (Å²) in [5.74, 6) is 0.121. The minimum atomic E-state index is -3.51. The van der Waals surface area contributed by atoms with Gasteiger partial charge in [0.05, 0.1) is 11.4 Å². The molecule has 1 fully saturated rings. The van der Waals surface area contributed by atoms with Gasteiger partial charge in [-0.25, -0.2) is 8.42 Å². The molecule has 2 aromatic rings. The number of rotatable bonds is 8. The zero-order valence-corrected chi connectivity index (χ0v) is 18.8. The van der Waals surface area contributed by atoms with Crippen molar-refractivity contribution in [2.75, 3.05) is 56.0 Å². The molecule has 168 valence electrons. The van der Waals surface area contributed by atoms with Crippen molar-refractivity contribution in [3.05, 3.63) is 48.5 Å². The fourth-order valence-electron chi connectivity index (χ4n) is 3.65. The van der Waals surface area contributed by atoms with E-state index in [0.717, 1.165) is 31.9 Å². The van der Waals surface area contributed by atoms with Crippen LogP contribution in [0.3, 0.4) is 0 Å². The van der Waals surface area contributed by atoms with Crippen molar-refractivity contribution >= 4 is 27.3 Å². The number of piperazine rings is 1. The van der Waals surface area contributed by atoms with E-state index < -0.39 is 10.0 Å². The maximum Gasteiger partial charge on any atom is 0.243 e. The highest BCUT2D eigenvalue weighted by Gasteiger charge is 2.22. The van der Waals surface area contributed by atoms with Crippen LogP contribution in [0, 0.1) is 0 Å². The number of phenols is 1. The Hall–Kier alpha value is -2.62. The van der Waals surface area contributed by atoms with Gasteiger partial charge in [-0.05, 0) is 48.5 Å². The van der Waals surface area contributed by atoms with Gasteiger partial charge in [-0.3, -0.25) is 9.69 Å². The molecule has 9 heteroatoms. The van der Waals surface area contributed by atoms with Crippen molar-refractivity contribution < 1.29 is 18.3 Å². The molecule has 0 atom stereocenters. The molecule has 1 aliphatic heterocycles. The van der Waals surface area contributed by atoms with Gasteiger partial charge in [-0.1, -0.05) is 13.8 Å². The summed E-state index contributed by atoms with van der Waals surface area (Å²) in [6, 6.07) is 13.4. The van der Waals surface area contributed by atoms with Crippen LogP contribution in [-0.2, 0) is 14.8 Å². The van der Waals surface area contributed by atoms with Crippen LogP contribution in [0.1, 0.15) is 13.8 Å². The molecule has 0 bridgehead atoms. The summed E-state index contributed by atoms with van der Waals surface area (Å²) in [7, 11) is -3.51. The van der Waals surface area contributed by atoms with Crippen molar-refractivity contribution in [2.24, 2.45) is 0 Å². The number of sulfonamides is 1. The molecule has 1 saturated heterocycles. The molecule has 0 saturated carbocycles. The maximum absolute atomic E-state index is 12.6. The normalized spacial score (nSPS) is 15.3. The molecule has 8 nitrogen and oxygen atoms in total. The average Bonchev–Trinajstić information content (AvgIpc) is 2.76. The molecule has 1 aliphatic rings. The van der Waals surface area contributed by atoms with E-state index in [1.807, 2.05) is 12.1 Å². The topological polar surface area (TPSA) is 93.2 Å². The van der Waals surface area contributed by atoms with Crippen molar-refractivity contribution in [2.45, 2.75) is 18.7 Å². The maximum atomic E-state index is 12.6. The summed E-state index contributed by atoms with van der Waals surface area (Å²) < 4.78 is 26.5. The van der Waals surface area contributed by atoms with Crippen LogP contribution in [-0.4, -0.2) is 74.4 Å². The lowest BCUT2D eigenvalue weighted by Gasteiger charge is -2.35. The number of benzene rings is 2. The van der Waals surface area contributed by atoms with Crippen molar-refractivity contribution in [1.82, 2.24) is 9.21 Å². The van der Waals surface area contributed by atoms with Gasteiger partial charge in [0, 0.05) is 50.6 Å². The van der Waals surface area contributed by atoms with Crippen LogP contribution in [0.5, 0.6) is 5.75 Å². The number of hydrogen-bond acceptors (Lipinski definition) is 6. The zero-order valence-electron chi connectivity index (χ0n) is 18.0. The van der Waals surface area contributed by atoms with Crippen LogP contribution >= 0.6 is 0 Å². The molecule has 1 amide bonds. The molecule has 0 spiro atoms. The second-order valence-corrected chi connectivity index (χ2v) is 9.38. The number of carbonyl (C=O) groups excluding carboxylic acids is 1. The second-order valence-electron chi connectivity index (χ2n) is 7.44. The number of phenolic OH excluding ortho intramolecular Hbond substituents is 1. The van der Waals surface area contributed by atoms with Gasteiger partial charge in [-0.15, -0.1) is 0 Å². The number of hydrogen-bond donors (Lipinski definition) is 2. The van der Waals surface area contributed by atoms with E-state index >= 15 is 0 Å². The number of nitrogens with one attached hydrogen (secondary N) is 1. The van der Waals surface area contributed by atoms with E-state index in [0.29, 0.717) is 18.8 Å². The third-order valence-electron chi connectivity index (χ3n) is 5.44. The number of nitrogens with zero attached hydrogens (tertiary/aromatic N) is 3. The Labute approximate surface area is 184 Å². The molecule has 3 rings (SSSR count). The van der Waals surface area contributed by atoms with Gasteiger partial charge in [0.1, 0.15) is 5.75 Å². The van der Waals surface area contributed by atoms with E-state index in [4.69, 9.17) is 0 Å². The fraction of sp³-hybridized carbons (Fsp3) is 0.409. The molecule has 0 unspecified atom stereocenters. The summed E-state index contributed by atoms with van der Waals surface area (Å²) >= 11 is 0. The minimum absolute atomic E-state index is 0.127. The second kappa shape index (κ2) is 10.1. The first-order chi connectivity index (χ1) is 14.8. The molecule has 2 N–H and O–H groups in total. The van der Waals surface area contributed by atoms with E-state index in [2.05, 4.69) is 15.1 Å². The van der Waals surface area contributed by atoms with Gasteiger partial charge in [0.25, 0.3) is 0 Å². The quantitative estimate of drug-likeness (QED) is 0.646. The lowest BCUT2D eigenvalue weighted by atomic mass is 10.2. The van der Waals surface area contributed by atoms with E-state index in [9.17, 15) is 18.3 Å². The van der Waals surface area contributed by atoms with Gasteiger partial charge < -0.3 is 15.3 Å². The average molecular weight is 447 g/mol. The van der Waals surface area contributed by atoms with Gasteiger partial charge in [0.2, 0.25) is 15.9 Å². The molecular weight excluding hydrogens is 416 g/mol. The standard InChI is InChI=1S/C22H30N4O4S/c1-3-26(4-2)31(29,30)21-11-5-18(6-12-21)23-22(28)17-24-13-15-25(16-14-24)19-7-9-20(27)10-8-19/h5-12,27H,3-4,13-17H2,1-2H3,(H,23,28). The molecule has 1 heterocycles. The lowest BCUT2D eigenvalue weighted by molar-refractivity contribution is -0.117. The van der Waals surface area contributed by atoms with Crippen LogP contribution < -0.4 is 10.2 Å². The summed E-state index contributed by atoms with van der Waals surface area (Å²) in [4.78, 5) is 17.0. The molecule has 2 aromatic carbocycles. The highest BCUT2D eigenvalue weighted by atomic mass is 32.2. The number of carbonyl (C=O) groups is 1. The lowest BCUT2D eigenvalue weighted by Crippen LogP contribution is -2.48. The van der Waals surface area contributed by atoms with Crippen LogP contribution in [0.4, 0.5) is 11.4 Å². The van der Waals surface area contributed by atoms with Crippen molar-refractivity contribution in [3.8, 4) is 5.75 Å². The number of aromatic hydroxyl groups is 1. The van der Waals surface area contributed by atoms with Crippen molar-refractivity contribution in [1.29, 1.82) is 0 Å². The van der Waals surface area contributed by atoms with Crippen LogP contribution in [0.2, 0.25) is 0 Å². The smallest absolute Gasteiger partial charge is 0.243 e. The molecule has 31 heavy (non-hydrogen) atoms. The summed E-state index contributed by atoms with van der Waals surface area (Å²) in [5.41, 5.74) is 1.63. The Morgan fingerprint density at radius 1 is 0.968 bits per heavy atom. The molecule has 0 radical (unpaired) electrons. The number of anilines is 2. The summed E-state index contributed by atoms with van der Waals surface area (Å²) in [6.45, 7) is 7.84. The molecular formula is C22H30N4O4S. The fourth-order valence-corrected chi connectivity index (χ4v) is 5.11. The minimum Gasteiger partial charge on any atom is -0.508 e. The molecule has 0 aliphatic carbocycles. The van der Waals surface area contributed by atoms with Crippen molar-refractivity contribution in [3.63, 3.8) is 0 Å². The van der Waals surface area contributed by atoms with Crippen LogP contribution in [0.15, 0.2) is 53.4 Å². The van der Waals surface area contributed by atoms with E-state index in [-0.39, 0.29) is 23.1 Å². The summed E-state index contributed by atoms with van der Waals surface area (Å²) in [6.07, 6.45) is 0. The Balaban J connectivity index is 1.50. The SMILES string of the molecule is CCN(CC)S(=O)(=O)c1ccc(NC(=O)CN2CCN(c3ccc(O)cc3)CC2)cc1. The summed E-state index contributed by atoms with van der Waals surface area (Å²) in [5, 5.41) is 12.3. The Kier molecular flexibility index (Phi) is 7.53. The number of amides is 1. The molecule has 0 aromatic heterocycles. The predicted molar refractivity (Wildman–Crippen MR) is 122 cm³/mol. The van der Waals surface area contributed by atoms with Gasteiger partial charge in [-0.2, -0.15) is 4.31 Å². The Bertz CT molecular complexity index is 966. The first-order valence-corrected chi connectivity index (χ1v) is 11.9. The first kappa shape index (κ1) is 23.1. The monoisotopic (exact) mass is 446 g/mol. The largest absolute Gasteiger partial charge is 0.508 e. The predicted octanol–water partition coefficient (Wildman–Crippen LogP) is 2.18. The Morgan fingerprint density at radius 2 is 1.55 bits per heavy atom. The highest BCUT2D eigenvalue weighted by Crippen LogP contribution is 2.20. The Morgan fingerprint density at radius 3 is 2.10 bits per heavy atom. The third-order valence-corrected chi connectivity index (χ3v) is 7.50. The highest BCUT2D eigenvalue weighted by molar-refractivity contribution is 7.89. The van der Waals surface area contributed by atoms with E-state index in [1.54, 1.807) is 38.1 Å². The van der Waals surface area contributed by atoms with Gasteiger partial charge in [0.15, 0.2) is 0 Å². The first-order valence-electron chi connectivity index (χ1n) is 10.5. The third kappa shape index (κ3) is 5.75. The van der Waals surface area contributed by atoms with Gasteiger partial charge >= 0.3 is 0 Å².